The number of para-hydroxylation sites is 1. The van der Waals surface area contributed by atoms with Gasteiger partial charge in [-0.3, -0.25) is 4.79 Å². The summed E-state index contributed by atoms with van der Waals surface area (Å²) in [5.41, 5.74) is 0.0865. The zero-order valence-electron chi connectivity index (χ0n) is 10.3. The average molecular weight is 262 g/mol. The van der Waals surface area contributed by atoms with Crippen LogP contribution in [0.2, 0.25) is 0 Å². The van der Waals surface area contributed by atoms with Crippen molar-refractivity contribution < 1.29 is 18.3 Å². The number of ether oxygens (including phenoxy) is 1. The van der Waals surface area contributed by atoms with Crippen molar-refractivity contribution in [2.75, 3.05) is 6.61 Å². The maximum Gasteiger partial charge on any atom is 0.199 e. The number of benzene rings is 2. The number of hydrogen-bond donors (Lipinski definition) is 0. The second-order valence-electron chi connectivity index (χ2n) is 3.88. The van der Waals surface area contributed by atoms with E-state index in [1.165, 1.54) is 0 Å². The Hall–Kier alpha value is -2.23. The summed E-state index contributed by atoms with van der Waals surface area (Å²) in [5, 5.41) is 0. The van der Waals surface area contributed by atoms with E-state index < -0.39 is 17.4 Å². The summed E-state index contributed by atoms with van der Waals surface area (Å²) >= 11 is 0. The van der Waals surface area contributed by atoms with E-state index >= 15 is 0 Å². The third-order valence-electron chi connectivity index (χ3n) is 2.61. The van der Waals surface area contributed by atoms with Gasteiger partial charge in [0.05, 0.1) is 17.7 Å². The summed E-state index contributed by atoms with van der Waals surface area (Å²) in [6.45, 7) is 2.19. The van der Waals surface area contributed by atoms with Gasteiger partial charge in [0.15, 0.2) is 5.78 Å². The first-order valence-electron chi connectivity index (χ1n) is 5.85. The molecule has 0 unspecified atom stereocenters. The molecule has 0 atom stereocenters. The van der Waals surface area contributed by atoms with Crippen molar-refractivity contribution in [3.63, 3.8) is 0 Å². The number of carbonyl (C=O) groups excluding carboxylic acids is 1. The molecule has 2 rings (SSSR count). The molecule has 2 aromatic carbocycles. The predicted molar refractivity (Wildman–Crippen MR) is 67.4 cm³/mol. The fourth-order valence-corrected chi connectivity index (χ4v) is 1.75. The highest BCUT2D eigenvalue weighted by Crippen LogP contribution is 2.23. The molecule has 19 heavy (non-hydrogen) atoms. The van der Waals surface area contributed by atoms with Crippen LogP contribution in [0.15, 0.2) is 42.5 Å². The predicted octanol–water partition coefficient (Wildman–Crippen LogP) is 3.59. The summed E-state index contributed by atoms with van der Waals surface area (Å²) in [6, 6.07) is 9.46. The van der Waals surface area contributed by atoms with Crippen LogP contribution in [0, 0.1) is 11.6 Å². The van der Waals surface area contributed by atoms with Crippen LogP contribution >= 0.6 is 0 Å². The van der Waals surface area contributed by atoms with Gasteiger partial charge in [-0.15, -0.1) is 0 Å². The lowest BCUT2D eigenvalue weighted by molar-refractivity contribution is 0.103. The van der Waals surface area contributed by atoms with Crippen LogP contribution in [0.3, 0.4) is 0 Å². The number of hydrogen-bond acceptors (Lipinski definition) is 2. The van der Waals surface area contributed by atoms with E-state index in [9.17, 15) is 13.6 Å². The van der Waals surface area contributed by atoms with Crippen LogP contribution in [0.4, 0.5) is 8.78 Å². The smallest absolute Gasteiger partial charge is 0.199 e. The maximum atomic E-state index is 13.6. The number of halogens is 2. The summed E-state index contributed by atoms with van der Waals surface area (Å²) in [5.74, 6) is -1.73. The van der Waals surface area contributed by atoms with E-state index in [-0.39, 0.29) is 11.1 Å². The Labute approximate surface area is 109 Å². The third-order valence-corrected chi connectivity index (χ3v) is 2.61. The molecule has 0 N–H and O–H groups in total. The van der Waals surface area contributed by atoms with Gasteiger partial charge in [0.1, 0.15) is 17.4 Å². The van der Waals surface area contributed by atoms with Crippen LogP contribution in [-0.2, 0) is 0 Å². The van der Waals surface area contributed by atoms with E-state index in [1.807, 2.05) is 0 Å². The SMILES string of the molecule is CCOc1ccccc1C(=O)c1ccc(F)cc1F. The second kappa shape index (κ2) is 5.61. The van der Waals surface area contributed by atoms with Gasteiger partial charge in [-0.2, -0.15) is 0 Å². The molecule has 0 aliphatic rings. The Kier molecular flexibility index (Phi) is 3.90. The third kappa shape index (κ3) is 2.78. The van der Waals surface area contributed by atoms with Crippen molar-refractivity contribution in [2.45, 2.75) is 6.92 Å². The number of carbonyl (C=O) groups is 1. The lowest BCUT2D eigenvalue weighted by Crippen LogP contribution is -2.07. The lowest BCUT2D eigenvalue weighted by atomic mass is 10.0. The van der Waals surface area contributed by atoms with Crippen LogP contribution in [-0.4, -0.2) is 12.4 Å². The Bertz CT molecular complexity index is 609. The van der Waals surface area contributed by atoms with Crippen molar-refractivity contribution in [1.29, 1.82) is 0 Å². The Morgan fingerprint density at radius 2 is 1.84 bits per heavy atom. The van der Waals surface area contributed by atoms with Gasteiger partial charge in [-0.05, 0) is 31.2 Å². The average Bonchev–Trinajstić information content (AvgIpc) is 2.39. The van der Waals surface area contributed by atoms with Crippen molar-refractivity contribution in [3.8, 4) is 5.75 Å². The molecule has 0 aromatic heterocycles. The quantitative estimate of drug-likeness (QED) is 0.787. The summed E-state index contributed by atoms with van der Waals surface area (Å²) in [4.78, 5) is 12.2. The first-order valence-corrected chi connectivity index (χ1v) is 5.85. The van der Waals surface area contributed by atoms with E-state index in [0.29, 0.717) is 18.4 Å². The fraction of sp³-hybridized carbons (Fsp3) is 0.133. The molecular formula is C15H12F2O2. The normalized spacial score (nSPS) is 10.3. The number of rotatable bonds is 4. The molecule has 0 saturated carbocycles. The van der Waals surface area contributed by atoms with Gasteiger partial charge in [-0.25, -0.2) is 8.78 Å². The highest BCUT2D eigenvalue weighted by atomic mass is 19.1. The van der Waals surface area contributed by atoms with Crippen molar-refractivity contribution >= 4 is 5.78 Å². The van der Waals surface area contributed by atoms with Crippen LogP contribution in [0.5, 0.6) is 5.75 Å². The molecule has 2 nitrogen and oxygen atoms in total. The van der Waals surface area contributed by atoms with Gasteiger partial charge in [-0.1, -0.05) is 12.1 Å². The van der Waals surface area contributed by atoms with Gasteiger partial charge < -0.3 is 4.74 Å². The van der Waals surface area contributed by atoms with Crippen molar-refractivity contribution in [2.24, 2.45) is 0 Å². The summed E-state index contributed by atoms with van der Waals surface area (Å²) < 4.78 is 31.8. The van der Waals surface area contributed by atoms with Crippen LogP contribution < -0.4 is 4.74 Å². The monoisotopic (exact) mass is 262 g/mol. The molecule has 0 bridgehead atoms. The fourth-order valence-electron chi connectivity index (χ4n) is 1.75. The molecule has 0 spiro atoms. The second-order valence-corrected chi connectivity index (χ2v) is 3.88. The van der Waals surface area contributed by atoms with Crippen LogP contribution in [0.1, 0.15) is 22.8 Å². The summed E-state index contributed by atoms with van der Waals surface area (Å²) in [6.07, 6.45) is 0. The molecule has 0 heterocycles. The van der Waals surface area contributed by atoms with Gasteiger partial charge in [0, 0.05) is 6.07 Å². The molecule has 0 aliphatic carbocycles. The van der Waals surface area contributed by atoms with Crippen molar-refractivity contribution in [3.05, 3.63) is 65.2 Å². The zero-order chi connectivity index (χ0) is 13.8. The molecule has 2 aromatic rings. The molecule has 4 heteroatoms. The van der Waals surface area contributed by atoms with Gasteiger partial charge in [0.25, 0.3) is 0 Å². The molecule has 0 amide bonds. The highest BCUT2D eigenvalue weighted by molar-refractivity contribution is 6.10. The van der Waals surface area contributed by atoms with Gasteiger partial charge >= 0.3 is 0 Å². The minimum Gasteiger partial charge on any atom is -0.493 e. The van der Waals surface area contributed by atoms with Crippen molar-refractivity contribution in [1.82, 2.24) is 0 Å². The lowest BCUT2D eigenvalue weighted by Gasteiger charge is -2.09. The Morgan fingerprint density at radius 3 is 2.53 bits per heavy atom. The first-order chi connectivity index (χ1) is 9.13. The summed E-state index contributed by atoms with van der Waals surface area (Å²) in [7, 11) is 0. The molecule has 0 fully saturated rings. The van der Waals surface area contributed by atoms with E-state index in [1.54, 1.807) is 31.2 Å². The minimum atomic E-state index is -0.878. The minimum absolute atomic E-state index is 0.173. The molecular weight excluding hydrogens is 250 g/mol. The zero-order valence-corrected chi connectivity index (χ0v) is 10.3. The molecule has 98 valence electrons. The molecule has 0 aliphatic heterocycles. The standard InChI is InChI=1S/C15H12F2O2/c1-2-19-14-6-4-3-5-12(14)15(18)11-8-7-10(16)9-13(11)17/h3-9H,2H2,1H3. The van der Waals surface area contributed by atoms with E-state index in [0.717, 1.165) is 12.1 Å². The van der Waals surface area contributed by atoms with Gasteiger partial charge in [0.2, 0.25) is 0 Å². The number of ketones is 1. The Morgan fingerprint density at radius 1 is 1.11 bits per heavy atom. The molecule has 0 radical (unpaired) electrons. The Balaban J connectivity index is 2.44. The highest BCUT2D eigenvalue weighted by Gasteiger charge is 2.18. The van der Waals surface area contributed by atoms with Crippen LogP contribution in [0.25, 0.3) is 0 Å². The maximum absolute atomic E-state index is 13.6. The van der Waals surface area contributed by atoms with E-state index in [2.05, 4.69) is 0 Å². The first kappa shape index (κ1) is 13.2. The topological polar surface area (TPSA) is 26.3 Å². The van der Waals surface area contributed by atoms with E-state index in [4.69, 9.17) is 4.74 Å². The largest absolute Gasteiger partial charge is 0.493 e. The molecule has 0 saturated heterocycles.